The molecule has 4 aliphatic heterocycles. The first-order valence-electron chi connectivity index (χ1n) is 49.6. The summed E-state index contributed by atoms with van der Waals surface area (Å²) in [5, 5.41) is 10.7. The van der Waals surface area contributed by atoms with Crippen LogP contribution in [0.1, 0.15) is 0 Å². The topological polar surface area (TPSA) is 103 Å². The molecule has 0 saturated carbocycles. The Morgan fingerprint density at radius 3 is 0.556 bits per heavy atom. The van der Waals surface area contributed by atoms with Crippen LogP contribution in [0, 0.1) is 0 Å². The molecule has 0 amide bonds. The van der Waals surface area contributed by atoms with E-state index in [9.17, 15) is 0 Å². The normalized spacial score (nSPS) is 13.2. The van der Waals surface area contributed by atoms with Crippen LogP contribution in [0.3, 0.4) is 0 Å². The summed E-state index contributed by atoms with van der Waals surface area (Å²) in [5.41, 5.74) is 37.2. The van der Waals surface area contributed by atoms with E-state index in [-0.39, 0.29) is 0 Å². The number of hydrogen-bond donors (Lipinski definition) is 0. The van der Waals surface area contributed by atoms with Gasteiger partial charge in [-0.1, -0.05) is 513 Å². The molecule has 8 heterocycles. The predicted molar refractivity (Wildman–Crippen MR) is 613 cm³/mol. The van der Waals surface area contributed by atoms with Crippen LogP contribution in [0.2, 0.25) is 52.4 Å². The van der Waals surface area contributed by atoms with Gasteiger partial charge in [0.2, 0.25) is 0 Å². The van der Waals surface area contributed by atoms with Gasteiger partial charge in [0.05, 0.1) is 22.8 Å². The first-order chi connectivity index (χ1) is 70.4. The standard InChI is InChI=1S/2C36H28N2Si.2C30H24N2Si/c1-39(2)32-22-10-9-21-31(32)33-34(29-19-11-17-27(23-29)25-13-5-3-6-14-25)37-35(38-36(33)39)30-20-12-18-28(24-30)26-15-7-4-8-16-26;1-39(2)32-16-10-9-15-31(32)33-34(29-21-17-27(18-22-29)25-11-5-3-6-12-25)37-35(38-36(33)39)30-23-19-28(20-24-30)26-13-7-4-8-14-26;1-33(2)26-19-10-9-18-25(26)27-28(31-29(32-30(27)33)22-14-7-4-8-15-22)24-17-11-16-23(20-24)21-12-5-3-6-13-21;1-33(2)26-19-10-9-18-25(26)27-28(22-14-7-4-8-15-22)31-29(32-30(27)33)24-17-11-16-23(20-24)21-12-5-3-6-13-21/h2*3-24H,1-2H3;2*3-20H,1-2H3. The maximum Gasteiger partial charge on any atom is 0.159 e. The van der Waals surface area contributed by atoms with Crippen molar-refractivity contribution in [2.75, 3.05) is 0 Å². The quantitative estimate of drug-likeness (QED) is 0.0992. The van der Waals surface area contributed by atoms with Crippen LogP contribution in [0.4, 0.5) is 0 Å². The molecular weight excluding hydrogens is 1810 g/mol. The third-order valence-electron chi connectivity index (χ3n) is 29.0. The van der Waals surface area contributed by atoms with Crippen LogP contribution in [0.25, 0.3) is 202 Å². The Morgan fingerprint density at radius 2 is 0.285 bits per heavy atom. The molecule has 0 unspecified atom stereocenters. The van der Waals surface area contributed by atoms with Gasteiger partial charge in [-0.25, -0.2) is 39.9 Å². The zero-order chi connectivity index (χ0) is 97.6. The molecule has 22 aromatic rings. The molecule has 0 aliphatic carbocycles. The van der Waals surface area contributed by atoms with E-state index in [4.69, 9.17) is 39.9 Å². The van der Waals surface area contributed by atoms with Crippen LogP contribution < -0.4 is 42.0 Å². The Bertz CT molecular complexity index is 8560. The lowest BCUT2D eigenvalue weighted by atomic mass is 9.97. The Balaban J connectivity index is 0.000000107. The number of benzene rings is 18. The summed E-state index contributed by atoms with van der Waals surface area (Å²) in [7, 11) is -7.88. The van der Waals surface area contributed by atoms with E-state index in [1.807, 2.05) is 18.2 Å². The first kappa shape index (κ1) is 91.0. The maximum absolute atomic E-state index is 5.34. The SMILES string of the molecule is C[Si]1(C)c2ccccc2-c2c(-c3ccc(-c4ccccc4)cc3)nc(-c3ccc(-c4ccccc4)cc3)nc21.C[Si]1(C)c2ccccc2-c2c(-c3cccc(-c4ccccc4)c3)nc(-c3cccc(-c4ccccc4)c3)nc21.C[Si]1(C)c2ccccc2-c2c(-c3cccc(-c4ccccc4)c3)nc(-c3ccccc3)nc21.C[Si]1(C)c2ccccc2-c2c(-c3ccccc3)nc(-c3cccc(-c4ccccc4)c3)nc21. The fourth-order valence-corrected chi connectivity index (χ4v) is 33.1. The summed E-state index contributed by atoms with van der Waals surface area (Å²) in [4.78, 5) is 42.1. The molecule has 4 aliphatic rings. The average Bonchev–Trinajstić information content (AvgIpc) is 1.58. The Labute approximate surface area is 847 Å². The van der Waals surface area contributed by atoms with Crippen LogP contribution in [-0.4, -0.2) is 72.2 Å². The minimum atomic E-state index is -2.02. The van der Waals surface area contributed by atoms with Crippen molar-refractivity contribution in [1.82, 2.24) is 39.9 Å². The molecule has 0 fully saturated rings. The van der Waals surface area contributed by atoms with Crippen molar-refractivity contribution >= 4 is 74.3 Å². The molecule has 0 atom stereocenters. The number of aromatic nitrogens is 8. The predicted octanol–water partition coefficient (Wildman–Crippen LogP) is 28.5. The molecule has 0 spiro atoms. The highest BCUT2D eigenvalue weighted by Gasteiger charge is 2.46. The summed E-state index contributed by atoms with van der Waals surface area (Å²) in [5.74, 6) is 3.20. The molecule has 0 saturated heterocycles. The van der Waals surface area contributed by atoms with Crippen LogP contribution in [-0.2, 0) is 0 Å². The van der Waals surface area contributed by atoms with E-state index in [1.165, 1.54) is 153 Å². The van der Waals surface area contributed by atoms with Crippen molar-refractivity contribution < 1.29 is 0 Å². The molecule has 0 radical (unpaired) electrons. The number of nitrogens with zero attached hydrogens (tertiary/aromatic N) is 8. The lowest BCUT2D eigenvalue weighted by molar-refractivity contribution is 1.21. The van der Waals surface area contributed by atoms with Crippen molar-refractivity contribution in [3.05, 3.63) is 485 Å². The molecule has 26 rings (SSSR count). The Hall–Kier alpha value is -16.9. The van der Waals surface area contributed by atoms with E-state index >= 15 is 0 Å². The molecule has 12 heteroatoms. The maximum atomic E-state index is 5.34. The average molecular weight is 1910 g/mol. The molecule has 0 bridgehead atoms. The summed E-state index contributed by atoms with van der Waals surface area (Å²) in [6.07, 6.45) is 0. The number of rotatable bonds is 14. The lowest BCUT2D eigenvalue weighted by Crippen LogP contribution is -2.50. The van der Waals surface area contributed by atoms with Gasteiger partial charge in [-0.2, -0.15) is 0 Å². The van der Waals surface area contributed by atoms with Gasteiger partial charge in [0, 0.05) is 88.0 Å². The molecular formula is C132H104N8Si4. The van der Waals surface area contributed by atoms with Crippen molar-refractivity contribution in [1.29, 1.82) is 0 Å². The molecule has 8 nitrogen and oxygen atoms in total. The smallest absolute Gasteiger partial charge is 0.159 e. The van der Waals surface area contributed by atoms with Crippen LogP contribution >= 0.6 is 0 Å². The van der Waals surface area contributed by atoms with Gasteiger partial charge in [0.1, 0.15) is 32.3 Å². The second kappa shape index (κ2) is 38.3. The fourth-order valence-electron chi connectivity index (χ4n) is 21.5. The van der Waals surface area contributed by atoms with Gasteiger partial charge in [-0.3, -0.25) is 0 Å². The van der Waals surface area contributed by atoms with Gasteiger partial charge in [-0.05, 0) is 134 Å². The van der Waals surface area contributed by atoms with E-state index in [0.717, 1.165) is 90.6 Å². The largest absolute Gasteiger partial charge is 0.237 e. The summed E-state index contributed by atoms with van der Waals surface area (Å²) < 4.78 is 0. The highest BCUT2D eigenvalue weighted by molar-refractivity contribution is 7.05. The van der Waals surface area contributed by atoms with Crippen molar-refractivity contribution in [3.63, 3.8) is 0 Å². The minimum Gasteiger partial charge on any atom is -0.237 e. The fraction of sp³-hybridized carbons (Fsp3) is 0.0606. The zero-order valence-electron chi connectivity index (χ0n) is 81.8. The van der Waals surface area contributed by atoms with Gasteiger partial charge < -0.3 is 0 Å². The molecule has 688 valence electrons. The van der Waals surface area contributed by atoms with Crippen molar-refractivity contribution in [2.24, 2.45) is 0 Å². The summed E-state index contributed by atoms with van der Waals surface area (Å²) in [6.45, 7) is 19.3. The van der Waals surface area contributed by atoms with E-state index in [0.29, 0.717) is 0 Å². The van der Waals surface area contributed by atoms with Gasteiger partial charge >= 0.3 is 0 Å². The molecule has 0 N–H and O–H groups in total. The highest BCUT2D eigenvalue weighted by Crippen LogP contribution is 2.45. The van der Waals surface area contributed by atoms with Crippen LogP contribution in [0.5, 0.6) is 0 Å². The monoisotopic (exact) mass is 1910 g/mol. The van der Waals surface area contributed by atoms with Crippen LogP contribution in [0.15, 0.2) is 485 Å². The minimum absolute atomic E-state index is 0.792. The van der Waals surface area contributed by atoms with Gasteiger partial charge in [0.15, 0.2) is 23.3 Å². The van der Waals surface area contributed by atoms with Gasteiger partial charge in [0.25, 0.3) is 0 Å². The number of fused-ring (bicyclic) bond motifs is 12. The molecule has 144 heavy (non-hydrogen) atoms. The second-order valence-corrected chi connectivity index (χ2v) is 56.6. The van der Waals surface area contributed by atoms with Crippen molar-refractivity contribution in [2.45, 2.75) is 52.4 Å². The first-order valence-corrected chi connectivity index (χ1v) is 61.6. The third-order valence-corrected chi connectivity index (χ3v) is 42.3. The van der Waals surface area contributed by atoms with E-state index < -0.39 is 32.3 Å². The molecule has 18 aromatic carbocycles. The lowest BCUT2D eigenvalue weighted by Gasteiger charge is -2.19. The summed E-state index contributed by atoms with van der Waals surface area (Å²) in [6, 6.07) is 172. The molecule has 4 aromatic heterocycles. The van der Waals surface area contributed by atoms with E-state index in [1.54, 1.807) is 0 Å². The summed E-state index contributed by atoms with van der Waals surface area (Å²) >= 11 is 0. The second-order valence-electron chi connectivity index (χ2n) is 39.6. The van der Waals surface area contributed by atoms with Gasteiger partial charge in [-0.15, -0.1) is 0 Å². The number of hydrogen-bond acceptors (Lipinski definition) is 8. The third kappa shape index (κ3) is 17.2. The Morgan fingerprint density at radius 1 is 0.125 bits per heavy atom. The van der Waals surface area contributed by atoms with Crippen molar-refractivity contribution in [3.8, 4) is 202 Å². The Kier molecular flexibility index (Phi) is 24.2. The highest BCUT2D eigenvalue weighted by atomic mass is 28.3. The van der Waals surface area contributed by atoms with E-state index in [2.05, 4.69) is 519 Å². The zero-order valence-corrected chi connectivity index (χ0v) is 85.8.